The Morgan fingerprint density at radius 2 is 1.10 bits per heavy atom. The van der Waals surface area contributed by atoms with Crippen LogP contribution in [0, 0.1) is 0 Å². The molecule has 0 saturated carbocycles. The number of benzene rings is 1. The van der Waals surface area contributed by atoms with E-state index in [1.807, 2.05) is 0 Å². The smallest absolute Gasteiger partial charge is 0.129 e. The molecular formula is C16H28N2O2. The van der Waals surface area contributed by atoms with Gasteiger partial charge in [0.05, 0.1) is 0 Å². The SMILES string of the molecule is CCC(OC)N(C)c1ccc(N(C)C(CC)OC)cc1. The lowest BCUT2D eigenvalue weighted by molar-refractivity contribution is 0.0997. The summed E-state index contributed by atoms with van der Waals surface area (Å²) in [4.78, 5) is 4.30. The van der Waals surface area contributed by atoms with Crippen LogP contribution in [-0.2, 0) is 9.47 Å². The van der Waals surface area contributed by atoms with E-state index >= 15 is 0 Å². The molecule has 0 saturated heterocycles. The first-order valence-electron chi connectivity index (χ1n) is 7.20. The maximum atomic E-state index is 5.46. The summed E-state index contributed by atoms with van der Waals surface area (Å²) < 4.78 is 10.9. The predicted molar refractivity (Wildman–Crippen MR) is 85.4 cm³/mol. The predicted octanol–water partition coefficient (Wildman–Crippen LogP) is 3.32. The number of hydrogen-bond acceptors (Lipinski definition) is 4. The summed E-state index contributed by atoms with van der Waals surface area (Å²) >= 11 is 0. The van der Waals surface area contributed by atoms with Gasteiger partial charge in [-0.05, 0) is 37.1 Å². The molecule has 114 valence electrons. The summed E-state index contributed by atoms with van der Waals surface area (Å²) in [5.74, 6) is 0. The standard InChI is InChI=1S/C16H28N2O2/c1-7-15(19-5)17(3)13-9-11-14(12-10-13)18(4)16(8-2)20-6/h9-12,15-16H,7-8H2,1-6H3. The summed E-state index contributed by atoms with van der Waals surface area (Å²) in [5.41, 5.74) is 2.31. The Hall–Kier alpha value is -1.26. The zero-order chi connectivity index (χ0) is 15.1. The summed E-state index contributed by atoms with van der Waals surface area (Å²) in [5, 5.41) is 0. The molecule has 0 spiro atoms. The molecule has 1 aromatic rings. The first-order chi connectivity index (χ1) is 9.58. The number of nitrogens with zero attached hydrogens (tertiary/aromatic N) is 2. The summed E-state index contributed by atoms with van der Waals surface area (Å²) in [6.07, 6.45) is 2.13. The van der Waals surface area contributed by atoms with E-state index in [0.29, 0.717) is 0 Å². The van der Waals surface area contributed by atoms with Gasteiger partial charge in [-0.15, -0.1) is 0 Å². The molecule has 0 heterocycles. The number of ether oxygens (including phenoxy) is 2. The summed E-state index contributed by atoms with van der Waals surface area (Å²) in [7, 11) is 7.61. The molecule has 0 aliphatic carbocycles. The minimum absolute atomic E-state index is 0.112. The highest BCUT2D eigenvalue weighted by molar-refractivity contribution is 5.56. The lowest BCUT2D eigenvalue weighted by Crippen LogP contribution is -2.33. The Morgan fingerprint density at radius 3 is 1.30 bits per heavy atom. The van der Waals surface area contributed by atoms with Crippen molar-refractivity contribution in [2.75, 3.05) is 38.1 Å². The van der Waals surface area contributed by atoms with E-state index < -0.39 is 0 Å². The molecule has 1 rings (SSSR count). The van der Waals surface area contributed by atoms with Crippen molar-refractivity contribution in [1.29, 1.82) is 0 Å². The van der Waals surface area contributed by atoms with Crippen LogP contribution in [0.2, 0.25) is 0 Å². The third kappa shape index (κ3) is 3.87. The van der Waals surface area contributed by atoms with Crippen molar-refractivity contribution in [2.24, 2.45) is 0 Å². The Bertz CT molecular complexity index is 336. The largest absolute Gasteiger partial charge is 0.362 e. The molecule has 0 amide bonds. The number of anilines is 2. The van der Waals surface area contributed by atoms with E-state index in [-0.39, 0.29) is 12.5 Å². The highest BCUT2D eigenvalue weighted by Crippen LogP contribution is 2.23. The van der Waals surface area contributed by atoms with Crippen LogP contribution in [0.1, 0.15) is 26.7 Å². The van der Waals surface area contributed by atoms with Gasteiger partial charge < -0.3 is 19.3 Å². The van der Waals surface area contributed by atoms with Crippen LogP contribution in [-0.4, -0.2) is 40.8 Å². The van der Waals surface area contributed by atoms with Gasteiger partial charge in [-0.3, -0.25) is 0 Å². The van der Waals surface area contributed by atoms with Crippen molar-refractivity contribution < 1.29 is 9.47 Å². The average molecular weight is 280 g/mol. The molecule has 4 heteroatoms. The van der Waals surface area contributed by atoms with E-state index in [1.54, 1.807) is 14.2 Å². The third-order valence-corrected chi connectivity index (χ3v) is 3.77. The van der Waals surface area contributed by atoms with Crippen molar-refractivity contribution in [1.82, 2.24) is 0 Å². The molecule has 0 fully saturated rings. The summed E-state index contributed by atoms with van der Waals surface area (Å²) in [6, 6.07) is 8.48. The number of rotatable bonds is 8. The topological polar surface area (TPSA) is 24.9 Å². The Balaban J connectivity index is 2.83. The molecule has 0 N–H and O–H groups in total. The highest BCUT2D eigenvalue weighted by Gasteiger charge is 2.14. The molecule has 0 aliphatic heterocycles. The molecular weight excluding hydrogens is 252 g/mol. The fourth-order valence-corrected chi connectivity index (χ4v) is 2.45. The monoisotopic (exact) mass is 280 g/mol. The molecule has 0 bridgehead atoms. The fourth-order valence-electron chi connectivity index (χ4n) is 2.45. The Kier molecular flexibility index (Phi) is 6.82. The van der Waals surface area contributed by atoms with Crippen molar-refractivity contribution in [2.45, 2.75) is 39.1 Å². The van der Waals surface area contributed by atoms with Gasteiger partial charge in [-0.2, -0.15) is 0 Å². The van der Waals surface area contributed by atoms with Crippen LogP contribution in [0.5, 0.6) is 0 Å². The van der Waals surface area contributed by atoms with E-state index in [0.717, 1.165) is 24.2 Å². The van der Waals surface area contributed by atoms with Crippen LogP contribution >= 0.6 is 0 Å². The second kappa shape index (κ2) is 8.12. The van der Waals surface area contributed by atoms with Crippen molar-refractivity contribution >= 4 is 11.4 Å². The molecule has 0 aliphatic rings. The Labute approximate surface area is 123 Å². The van der Waals surface area contributed by atoms with Crippen molar-refractivity contribution in [3.05, 3.63) is 24.3 Å². The van der Waals surface area contributed by atoms with Gasteiger partial charge in [0, 0.05) is 39.7 Å². The fraction of sp³-hybridized carbons (Fsp3) is 0.625. The third-order valence-electron chi connectivity index (χ3n) is 3.77. The molecule has 2 atom stereocenters. The molecule has 0 aromatic heterocycles. The van der Waals surface area contributed by atoms with Gasteiger partial charge in [0.25, 0.3) is 0 Å². The maximum absolute atomic E-state index is 5.46. The van der Waals surface area contributed by atoms with Crippen molar-refractivity contribution in [3.63, 3.8) is 0 Å². The molecule has 2 unspecified atom stereocenters. The molecule has 20 heavy (non-hydrogen) atoms. The highest BCUT2D eigenvalue weighted by atomic mass is 16.5. The lowest BCUT2D eigenvalue weighted by atomic mass is 10.2. The van der Waals surface area contributed by atoms with Gasteiger partial charge >= 0.3 is 0 Å². The number of methoxy groups -OCH3 is 2. The van der Waals surface area contributed by atoms with Gasteiger partial charge in [0.1, 0.15) is 12.5 Å². The first kappa shape index (κ1) is 16.8. The van der Waals surface area contributed by atoms with Gasteiger partial charge in [-0.25, -0.2) is 0 Å². The van der Waals surface area contributed by atoms with Crippen LogP contribution in [0.4, 0.5) is 11.4 Å². The van der Waals surface area contributed by atoms with E-state index in [1.165, 1.54) is 0 Å². The second-order valence-corrected chi connectivity index (χ2v) is 4.94. The zero-order valence-electron chi connectivity index (χ0n) is 13.6. The van der Waals surface area contributed by atoms with E-state index in [4.69, 9.17) is 9.47 Å². The van der Waals surface area contributed by atoms with Crippen molar-refractivity contribution in [3.8, 4) is 0 Å². The lowest BCUT2D eigenvalue weighted by Gasteiger charge is -2.30. The van der Waals surface area contributed by atoms with E-state index in [9.17, 15) is 0 Å². The molecule has 4 nitrogen and oxygen atoms in total. The van der Waals surface area contributed by atoms with Crippen LogP contribution in [0.25, 0.3) is 0 Å². The van der Waals surface area contributed by atoms with Gasteiger partial charge in [-0.1, -0.05) is 13.8 Å². The summed E-state index contributed by atoms with van der Waals surface area (Å²) in [6.45, 7) is 4.24. The van der Waals surface area contributed by atoms with Crippen LogP contribution in [0.3, 0.4) is 0 Å². The second-order valence-electron chi connectivity index (χ2n) is 4.94. The number of hydrogen-bond donors (Lipinski definition) is 0. The minimum atomic E-state index is 0.112. The average Bonchev–Trinajstić information content (AvgIpc) is 2.49. The van der Waals surface area contributed by atoms with Crippen LogP contribution < -0.4 is 9.80 Å². The Morgan fingerprint density at radius 1 is 0.800 bits per heavy atom. The quantitative estimate of drug-likeness (QED) is 0.682. The normalized spacial score (nSPS) is 13.9. The van der Waals surface area contributed by atoms with Gasteiger partial charge in [0.2, 0.25) is 0 Å². The molecule has 0 radical (unpaired) electrons. The van der Waals surface area contributed by atoms with Crippen LogP contribution in [0.15, 0.2) is 24.3 Å². The first-order valence-corrected chi connectivity index (χ1v) is 7.20. The van der Waals surface area contributed by atoms with E-state index in [2.05, 4.69) is 62.0 Å². The maximum Gasteiger partial charge on any atom is 0.129 e. The minimum Gasteiger partial charge on any atom is -0.362 e. The molecule has 1 aromatic carbocycles. The zero-order valence-corrected chi connectivity index (χ0v) is 13.6. The van der Waals surface area contributed by atoms with Gasteiger partial charge in [0.15, 0.2) is 0 Å².